The Morgan fingerprint density at radius 1 is 1.14 bits per heavy atom. The van der Waals surface area contributed by atoms with E-state index in [0.29, 0.717) is 18.0 Å². The molecule has 2 aromatic rings. The van der Waals surface area contributed by atoms with Crippen LogP contribution in [0.15, 0.2) is 53.4 Å². The van der Waals surface area contributed by atoms with Gasteiger partial charge in [0.1, 0.15) is 5.75 Å². The Morgan fingerprint density at radius 3 is 2.48 bits per heavy atom. The van der Waals surface area contributed by atoms with Gasteiger partial charge >= 0.3 is 0 Å². The maximum atomic E-state index is 12.2. The van der Waals surface area contributed by atoms with Crippen LogP contribution in [0.4, 0.5) is 5.69 Å². The zero-order valence-electron chi connectivity index (χ0n) is 11.7. The summed E-state index contributed by atoms with van der Waals surface area (Å²) in [4.78, 5) is 0.204. The third-order valence-electron chi connectivity index (χ3n) is 2.86. The van der Waals surface area contributed by atoms with E-state index >= 15 is 0 Å². The van der Waals surface area contributed by atoms with Crippen LogP contribution in [0.25, 0.3) is 0 Å². The van der Waals surface area contributed by atoms with Gasteiger partial charge in [0.2, 0.25) is 10.0 Å². The second kappa shape index (κ2) is 6.60. The van der Waals surface area contributed by atoms with Crippen LogP contribution in [0, 0.1) is 0 Å². The number of ether oxygens (including phenoxy) is 1. The summed E-state index contributed by atoms with van der Waals surface area (Å²) < 4.78 is 32.2. The quantitative estimate of drug-likeness (QED) is 0.801. The predicted molar refractivity (Wildman–Crippen MR) is 82.5 cm³/mol. The fourth-order valence-electron chi connectivity index (χ4n) is 1.85. The maximum absolute atomic E-state index is 12.2. The van der Waals surface area contributed by atoms with Crippen LogP contribution < -0.4 is 15.2 Å². The highest BCUT2D eigenvalue weighted by Gasteiger charge is 2.13. The Morgan fingerprint density at radius 2 is 1.86 bits per heavy atom. The van der Waals surface area contributed by atoms with Crippen molar-refractivity contribution in [1.29, 1.82) is 0 Å². The third kappa shape index (κ3) is 4.21. The summed E-state index contributed by atoms with van der Waals surface area (Å²) in [5.74, 6) is 0.646. The van der Waals surface area contributed by atoms with Crippen molar-refractivity contribution in [2.75, 3.05) is 12.3 Å². The van der Waals surface area contributed by atoms with E-state index in [-0.39, 0.29) is 11.4 Å². The first-order valence-electron chi connectivity index (χ1n) is 6.58. The number of nitrogens with one attached hydrogen (secondary N) is 1. The first-order chi connectivity index (χ1) is 10.0. The molecule has 0 amide bonds. The number of nitrogens with two attached hydrogens (primary N) is 1. The van der Waals surface area contributed by atoms with Crippen LogP contribution in [-0.2, 0) is 16.6 Å². The van der Waals surface area contributed by atoms with E-state index in [1.54, 1.807) is 30.3 Å². The van der Waals surface area contributed by atoms with Gasteiger partial charge in [-0.2, -0.15) is 0 Å². The van der Waals surface area contributed by atoms with E-state index in [0.717, 1.165) is 5.56 Å². The zero-order chi connectivity index (χ0) is 15.3. The van der Waals surface area contributed by atoms with Crippen molar-refractivity contribution in [3.8, 4) is 5.75 Å². The van der Waals surface area contributed by atoms with Gasteiger partial charge in [-0.05, 0) is 48.9 Å². The monoisotopic (exact) mass is 306 g/mol. The Labute approximate surface area is 124 Å². The molecule has 3 N–H and O–H groups in total. The molecule has 21 heavy (non-hydrogen) atoms. The van der Waals surface area contributed by atoms with Crippen molar-refractivity contribution >= 4 is 15.7 Å². The number of nitrogen functional groups attached to an aromatic ring is 1. The highest BCUT2D eigenvalue weighted by Crippen LogP contribution is 2.16. The van der Waals surface area contributed by atoms with Gasteiger partial charge in [-0.1, -0.05) is 12.1 Å². The van der Waals surface area contributed by atoms with Gasteiger partial charge in [0.05, 0.1) is 11.5 Å². The molecule has 112 valence electrons. The maximum Gasteiger partial charge on any atom is 0.240 e. The van der Waals surface area contributed by atoms with Gasteiger partial charge in [0, 0.05) is 12.2 Å². The average molecular weight is 306 g/mol. The summed E-state index contributed by atoms with van der Waals surface area (Å²) in [6.07, 6.45) is 0. The van der Waals surface area contributed by atoms with Crippen molar-refractivity contribution in [3.05, 3.63) is 54.1 Å². The number of benzene rings is 2. The second-order valence-corrected chi connectivity index (χ2v) is 6.24. The zero-order valence-corrected chi connectivity index (χ0v) is 12.6. The van der Waals surface area contributed by atoms with Crippen LogP contribution >= 0.6 is 0 Å². The highest BCUT2D eigenvalue weighted by atomic mass is 32.2. The minimum Gasteiger partial charge on any atom is -0.494 e. The minimum atomic E-state index is -3.55. The molecule has 0 fully saturated rings. The van der Waals surface area contributed by atoms with Gasteiger partial charge in [-0.25, -0.2) is 13.1 Å². The lowest BCUT2D eigenvalue weighted by Crippen LogP contribution is -2.23. The first-order valence-corrected chi connectivity index (χ1v) is 8.06. The molecule has 6 heteroatoms. The molecule has 0 aliphatic rings. The summed E-state index contributed by atoms with van der Waals surface area (Å²) in [5, 5.41) is 0. The Kier molecular flexibility index (Phi) is 4.82. The first kappa shape index (κ1) is 15.3. The fourth-order valence-corrected chi connectivity index (χ4v) is 2.86. The van der Waals surface area contributed by atoms with Crippen LogP contribution in [0.5, 0.6) is 5.75 Å². The fraction of sp³-hybridized carbons (Fsp3) is 0.200. The molecule has 0 aromatic heterocycles. The number of rotatable bonds is 6. The summed E-state index contributed by atoms with van der Waals surface area (Å²) in [5.41, 5.74) is 7.08. The molecule has 0 saturated carbocycles. The van der Waals surface area contributed by atoms with Gasteiger partial charge in [0.25, 0.3) is 0 Å². The van der Waals surface area contributed by atoms with Gasteiger partial charge in [-0.3, -0.25) is 0 Å². The predicted octanol–water partition coefficient (Wildman–Crippen LogP) is 2.15. The molecular formula is C15H18N2O3S. The number of anilines is 1. The van der Waals surface area contributed by atoms with Crippen LogP contribution in [0.1, 0.15) is 12.5 Å². The average Bonchev–Trinajstić information content (AvgIpc) is 2.46. The SMILES string of the molecule is CCOc1ccc(S(=O)(=O)NCc2cccc(N)c2)cc1. The van der Waals surface area contributed by atoms with E-state index in [1.807, 2.05) is 13.0 Å². The Bertz CT molecular complexity index is 697. The normalized spacial score (nSPS) is 11.3. The summed E-state index contributed by atoms with van der Waals surface area (Å²) in [6.45, 7) is 2.61. The molecule has 0 atom stereocenters. The largest absolute Gasteiger partial charge is 0.494 e. The molecule has 5 nitrogen and oxygen atoms in total. The number of sulfonamides is 1. The standard InChI is InChI=1S/C15H18N2O3S/c1-2-20-14-6-8-15(9-7-14)21(18,19)17-11-12-4-3-5-13(16)10-12/h3-10,17H,2,11,16H2,1H3. The van der Waals surface area contributed by atoms with Gasteiger partial charge < -0.3 is 10.5 Å². The molecule has 0 spiro atoms. The van der Waals surface area contributed by atoms with E-state index in [1.165, 1.54) is 12.1 Å². The van der Waals surface area contributed by atoms with Crippen molar-refractivity contribution in [3.63, 3.8) is 0 Å². The van der Waals surface area contributed by atoms with Crippen molar-refractivity contribution in [1.82, 2.24) is 4.72 Å². The molecule has 0 unspecified atom stereocenters. The highest BCUT2D eigenvalue weighted by molar-refractivity contribution is 7.89. The van der Waals surface area contributed by atoms with Crippen molar-refractivity contribution in [2.24, 2.45) is 0 Å². The van der Waals surface area contributed by atoms with Crippen LogP contribution in [-0.4, -0.2) is 15.0 Å². The topological polar surface area (TPSA) is 81.4 Å². The molecule has 0 radical (unpaired) electrons. The third-order valence-corrected chi connectivity index (χ3v) is 4.28. The molecule has 0 heterocycles. The number of hydrogen-bond donors (Lipinski definition) is 2. The van der Waals surface area contributed by atoms with Gasteiger partial charge in [0.15, 0.2) is 0 Å². The lowest BCUT2D eigenvalue weighted by molar-refractivity contribution is 0.340. The molecule has 0 saturated heterocycles. The molecule has 2 rings (SSSR count). The van der Waals surface area contributed by atoms with Crippen molar-refractivity contribution < 1.29 is 13.2 Å². The molecule has 2 aromatic carbocycles. The Balaban J connectivity index is 2.07. The van der Waals surface area contributed by atoms with Crippen LogP contribution in [0.2, 0.25) is 0 Å². The summed E-state index contributed by atoms with van der Waals surface area (Å²) in [6, 6.07) is 13.4. The molecule has 0 bridgehead atoms. The van der Waals surface area contributed by atoms with E-state index in [4.69, 9.17) is 10.5 Å². The lowest BCUT2D eigenvalue weighted by Gasteiger charge is -2.08. The van der Waals surface area contributed by atoms with E-state index in [2.05, 4.69) is 4.72 Å². The van der Waals surface area contributed by atoms with E-state index in [9.17, 15) is 8.42 Å². The Hall–Kier alpha value is -2.05. The second-order valence-electron chi connectivity index (χ2n) is 4.47. The molecular weight excluding hydrogens is 288 g/mol. The lowest BCUT2D eigenvalue weighted by atomic mass is 10.2. The molecule has 0 aliphatic carbocycles. The number of hydrogen-bond acceptors (Lipinski definition) is 4. The smallest absolute Gasteiger partial charge is 0.240 e. The minimum absolute atomic E-state index is 0.195. The summed E-state index contributed by atoms with van der Waals surface area (Å²) in [7, 11) is -3.55. The van der Waals surface area contributed by atoms with Crippen LogP contribution in [0.3, 0.4) is 0 Å². The molecule has 0 aliphatic heterocycles. The van der Waals surface area contributed by atoms with Gasteiger partial charge in [-0.15, -0.1) is 0 Å². The van der Waals surface area contributed by atoms with E-state index < -0.39 is 10.0 Å². The van der Waals surface area contributed by atoms with Crippen molar-refractivity contribution in [2.45, 2.75) is 18.4 Å². The summed E-state index contributed by atoms with van der Waals surface area (Å²) >= 11 is 0.